The minimum absolute atomic E-state index is 0.109. The zero-order chi connectivity index (χ0) is 24.5. The van der Waals surface area contributed by atoms with Crippen molar-refractivity contribution < 1.29 is 13.2 Å². The second-order valence-corrected chi connectivity index (χ2v) is 11.4. The molecule has 6 nitrogen and oxygen atoms in total. The lowest BCUT2D eigenvalue weighted by molar-refractivity contribution is 0.287. The molecule has 3 aromatic carbocycles. The summed E-state index contributed by atoms with van der Waals surface area (Å²) in [6, 6.07) is 17.3. The van der Waals surface area contributed by atoms with Crippen molar-refractivity contribution in [2.24, 2.45) is 0 Å². The highest BCUT2D eigenvalue weighted by atomic mass is 35.5. The van der Waals surface area contributed by atoms with Crippen molar-refractivity contribution in [3.05, 3.63) is 92.0 Å². The Morgan fingerprint density at radius 2 is 1.76 bits per heavy atom. The van der Waals surface area contributed by atoms with Gasteiger partial charge in [0.05, 0.1) is 27.7 Å². The van der Waals surface area contributed by atoms with Crippen molar-refractivity contribution in [2.75, 3.05) is 6.61 Å². The number of ether oxygens (including phenoxy) is 1. The van der Waals surface area contributed by atoms with Gasteiger partial charge < -0.3 is 4.74 Å². The molecule has 1 aromatic heterocycles. The maximum absolute atomic E-state index is 13.0. The number of hydrogen-bond donors (Lipinski definition) is 1. The lowest BCUT2D eigenvalue weighted by Gasteiger charge is -2.16. The van der Waals surface area contributed by atoms with E-state index in [1.54, 1.807) is 35.8 Å². The quantitative estimate of drug-likeness (QED) is 0.352. The average molecular weight is 517 g/mol. The fourth-order valence-electron chi connectivity index (χ4n) is 3.53. The summed E-state index contributed by atoms with van der Waals surface area (Å²) in [6.07, 6.45) is 0. The third kappa shape index (κ3) is 5.52. The van der Waals surface area contributed by atoms with E-state index in [-0.39, 0.29) is 16.4 Å². The van der Waals surface area contributed by atoms with E-state index in [9.17, 15) is 13.2 Å². The zero-order valence-corrected chi connectivity index (χ0v) is 21.4. The molecule has 178 valence electrons. The minimum atomic E-state index is -3.79. The summed E-state index contributed by atoms with van der Waals surface area (Å²) in [5.41, 5.74) is 3.90. The Morgan fingerprint density at radius 1 is 1.03 bits per heavy atom. The number of rotatable bonds is 8. The molecule has 0 radical (unpaired) electrons. The highest BCUT2D eigenvalue weighted by Gasteiger charge is 2.20. The number of aryl methyl sites for hydroxylation is 2. The van der Waals surface area contributed by atoms with Crippen molar-refractivity contribution in [3.8, 4) is 5.75 Å². The first-order chi connectivity index (χ1) is 16.1. The van der Waals surface area contributed by atoms with Gasteiger partial charge in [0.15, 0.2) is 0 Å². The van der Waals surface area contributed by atoms with Crippen LogP contribution in [-0.4, -0.2) is 25.6 Å². The molecule has 34 heavy (non-hydrogen) atoms. The van der Waals surface area contributed by atoms with Gasteiger partial charge in [0, 0.05) is 5.02 Å². The summed E-state index contributed by atoms with van der Waals surface area (Å²) >= 11 is 6.97. The predicted molar refractivity (Wildman–Crippen MR) is 138 cm³/mol. The summed E-state index contributed by atoms with van der Waals surface area (Å²) in [4.78, 5) is 12.5. The topological polar surface area (TPSA) is 77.4 Å². The minimum Gasteiger partial charge on any atom is -0.492 e. The monoisotopic (exact) mass is 516 g/mol. The lowest BCUT2D eigenvalue weighted by Crippen LogP contribution is -2.36. The molecular weight excluding hydrogens is 492 g/mol. The number of benzene rings is 3. The van der Waals surface area contributed by atoms with Crippen LogP contribution in [0.2, 0.25) is 5.02 Å². The Labute approximate surface area is 207 Å². The van der Waals surface area contributed by atoms with Gasteiger partial charge in [0.1, 0.15) is 12.4 Å². The summed E-state index contributed by atoms with van der Waals surface area (Å²) in [7, 11) is -3.79. The Bertz CT molecular complexity index is 1490. The number of hydrogen-bond acceptors (Lipinski definition) is 5. The molecule has 0 saturated heterocycles. The third-order valence-corrected chi connectivity index (χ3v) is 8.32. The number of aromatic nitrogens is 1. The van der Waals surface area contributed by atoms with Crippen LogP contribution < -0.4 is 14.3 Å². The SMILES string of the molecule is Cc1ccc(OC[C@H](C)NS(=O)(=O)c2ccc3c(c2)sc(=O)n3Cc2ccc(Cl)cc2)cc1C. The van der Waals surface area contributed by atoms with Crippen LogP contribution in [0.3, 0.4) is 0 Å². The zero-order valence-electron chi connectivity index (χ0n) is 19.0. The Morgan fingerprint density at radius 3 is 2.47 bits per heavy atom. The van der Waals surface area contributed by atoms with Crippen molar-refractivity contribution in [1.82, 2.24) is 9.29 Å². The summed E-state index contributed by atoms with van der Waals surface area (Å²) in [5, 5.41) is 0.627. The lowest BCUT2D eigenvalue weighted by atomic mass is 10.1. The maximum Gasteiger partial charge on any atom is 0.308 e. The van der Waals surface area contributed by atoms with Crippen LogP contribution in [-0.2, 0) is 16.6 Å². The highest BCUT2D eigenvalue weighted by molar-refractivity contribution is 7.89. The first kappa shape index (κ1) is 24.5. The molecule has 1 heterocycles. The second kappa shape index (κ2) is 9.92. The third-order valence-electron chi connectivity index (χ3n) is 5.54. The molecule has 4 aromatic rings. The van der Waals surface area contributed by atoms with E-state index in [1.165, 1.54) is 11.6 Å². The van der Waals surface area contributed by atoms with Gasteiger partial charge in [-0.15, -0.1) is 0 Å². The van der Waals surface area contributed by atoms with Crippen LogP contribution in [0.25, 0.3) is 10.2 Å². The van der Waals surface area contributed by atoms with Gasteiger partial charge in [-0.05, 0) is 79.9 Å². The molecule has 0 aliphatic carbocycles. The molecule has 0 amide bonds. The smallest absolute Gasteiger partial charge is 0.308 e. The van der Waals surface area contributed by atoms with Crippen molar-refractivity contribution >= 4 is 43.2 Å². The van der Waals surface area contributed by atoms with Crippen LogP contribution in [0.15, 0.2) is 70.4 Å². The van der Waals surface area contributed by atoms with Gasteiger partial charge >= 0.3 is 4.87 Å². The largest absolute Gasteiger partial charge is 0.492 e. The van der Waals surface area contributed by atoms with E-state index >= 15 is 0 Å². The Kier molecular flexibility index (Phi) is 7.14. The van der Waals surface area contributed by atoms with Gasteiger partial charge in [-0.1, -0.05) is 41.1 Å². The molecule has 1 N–H and O–H groups in total. The second-order valence-electron chi connectivity index (χ2n) is 8.29. The van der Waals surface area contributed by atoms with Crippen molar-refractivity contribution in [2.45, 2.75) is 38.3 Å². The number of nitrogens with one attached hydrogen (secondary N) is 1. The predicted octanol–water partition coefficient (Wildman–Crippen LogP) is 5.13. The molecule has 0 bridgehead atoms. The van der Waals surface area contributed by atoms with E-state index in [0.717, 1.165) is 22.5 Å². The molecule has 0 fully saturated rings. The average Bonchev–Trinajstić information content (AvgIpc) is 3.10. The number of nitrogens with zero attached hydrogens (tertiary/aromatic N) is 1. The van der Waals surface area contributed by atoms with Crippen LogP contribution in [0.1, 0.15) is 23.6 Å². The highest BCUT2D eigenvalue weighted by Crippen LogP contribution is 2.23. The Balaban J connectivity index is 1.49. The molecule has 0 spiro atoms. The fraction of sp³-hybridized carbons (Fsp3) is 0.240. The molecule has 0 saturated carbocycles. The molecular formula is C25H25ClN2O4S2. The van der Waals surface area contributed by atoms with E-state index in [2.05, 4.69) is 4.72 Å². The molecule has 1 atom stereocenters. The molecule has 0 unspecified atom stereocenters. The van der Waals surface area contributed by atoms with E-state index < -0.39 is 16.1 Å². The van der Waals surface area contributed by atoms with Gasteiger partial charge in [-0.25, -0.2) is 13.1 Å². The first-order valence-electron chi connectivity index (χ1n) is 10.7. The van der Waals surface area contributed by atoms with Crippen LogP contribution >= 0.6 is 22.9 Å². The van der Waals surface area contributed by atoms with Crippen LogP contribution in [0.5, 0.6) is 5.75 Å². The van der Waals surface area contributed by atoms with Gasteiger partial charge in [-0.2, -0.15) is 0 Å². The van der Waals surface area contributed by atoms with Crippen LogP contribution in [0, 0.1) is 13.8 Å². The normalized spacial score (nSPS) is 12.7. The molecule has 0 aliphatic heterocycles. The first-order valence-corrected chi connectivity index (χ1v) is 13.4. The number of halogens is 1. The molecule has 0 aliphatic rings. The van der Waals surface area contributed by atoms with Crippen molar-refractivity contribution in [1.29, 1.82) is 0 Å². The number of thiazole rings is 1. The summed E-state index contributed by atoms with van der Waals surface area (Å²) in [6.45, 7) is 6.34. The van der Waals surface area contributed by atoms with Gasteiger partial charge in [-0.3, -0.25) is 9.36 Å². The van der Waals surface area contributed by atoms with E-state index in [4.69, 9.17) is 16.3 Å². The summed E-state index contributed by atoms with van der Waals surface area (Å²) < 4.78 is 36.6. The molecule has 4 rings (SSSR count). The number of fused-ring (bicyclic) bond motifs is 1. The summed E-state index contributed by atoms with van der Waals surface area (Å²) in [5.74, 6) is 0.697. The van der Waals surface area contributed by atoms with Crippen LogP contribution in [0.4, 0.5) is 0 Å². The van der Waals surface area contributed by atoms with E-state index in [1.807, 2.05) is 44.2 Å². The van der Waals surface area contributed by atoms with Gasteiger partial charge in [0.25, 0.3) is 0 Å². The fourth-order valence-corrected chi connectivity index (χ4v) is 5.91. The van der Waals surface area contributed by atoms with Crippen molar-refractivity contribution in [3.63, 3.8) is 0 Å². The maximum atomic E-state index is 13.0. The number of sulfonamides is 1. The van der Waals surface area contributed by atoms with E-state index in [0.29, 0.717) is 27.5 Å². The Hall–Kier alpha value is -2.65. The molecule has 9 heteroatoms. The standard InChI is InChI=1S/C25H25ClN2O4S2/c1-16-4-9-21(12-17(16)2)32-15-18(3)27-34(30,31)22-10-11-23-24(13-22)33-25(29)28(23)14-19-5-7-20(26)8-6-19/h4-13,18,27H,14-15H2,1-3H3/t18-/m0/s1. The van der Waals surface area contributed by atoms with Gasteiger partial charge in [0.2, 0.25) is 10.0 Å².